The highest BCUT2D eigenvalue weighted by Crippen LogP contribution is 2.27. The fraction of sp³-hybridized carbons (Fsp3) is 0.0769. The molecular weight excluding hydrogens is 232 g/mol. The Morgan fingerprint density at radius 3 is 2.72 bits per heavy atom. The maximum absolute atomic E-state index is 11.8. The fourth-order valence-corrected chi connectivity index (χ4v) is 1.48. The van der Waals surface area contributed by atoms with Gasteiger partial charge in [-0.05, 0) is 24.3 Å². The monoisotopic (exact) mass is 244 g/mol. The van der Waals surface area contributed by atoms with Gasteiger partial charge in [-0.2, -0.15) is 0 Å². The predicted octanol–water partition coefficient (Wildman–Crippen LogP) is 1.42. The van der Waals surface area contributed by atoms with Crippen LogP contribution in [0, 0.1) is 0 Å². The number of aromatic nitrogens is 1. The molecule has 0 saturated heterocycles. The van der Waals surface area contributed by atoms with E-state index in [0.29, 0.717) is 5.69 Å². The van der Waals surface area contributed by atoms with E-state index < -0.39 is 11.7 Å². The largest absolute Gasteiger partial charge is 0.504 e. The molecule has 5 heteroatoms. The van der Waals surface area contributed by atoms with Crippen molar-refractivity contribution in [2.45, 2.75) is 6.54 Å². The number of aromatic hydroxyl groups is 2. The van der Waals surface area contributed by atoms with E-state index in [1.165, 1.54) is 18.2 Å². The number of carbonyl (C=O) groups excluding carboxylic acids is 1. The molecule has 2 rings (SSSR count). The minimum atomic E-state index is -0.464. The normalized spacial score (nSPS) is 10.0. The van der Waals surface area contributed by atoms with Gasteiger partial charge in [0, 0.05) is 6.20 Å². The summed E-state index contributed by atoms with van der Waals surface area (Å²) in [6, 6.07) is 9.62. The van der Waals surface area contributed by atoms with Gasteiger partial charge in [0.2, 0.25) is 0 Å². The van der Waals surface area contributed by atoms with E-state index in [1.54, 1.807) is 18.3 Å². The summed E-state index contributed by atoms with van der Waals surface area (Å²) < 4.78 is 0. The van der Waals surface area contributed by atoms with E-state index in [-0.39, 0.29) is 17.9 Å². The van der Waals surface area contributed by atoms with Gasteiger partial charge in [0.25, 0.3) is 5.91 Å². The van der Waals surface area contributed by atoms with Crippen molar-refractivity contribution in [3.63, 3.8) is 0 Å². The Bertz CT molecular complexity index is 555. The molecule has 0 aliphatic carbocycles. The smallest absolute Gasteiger partial charge is 0.255 e. The van der Waals surface area contributed by atoms with Gasteiger partial charge in [-0.1, -0.05) is 12.1 Å². The number of hydrogen-bond donors (Lipinski definition) is 3. The van der Waals surface area contributed by atoms with Gasteiger partial charge in [0.05, 0.1) is 17.8 Å². The second-order valence-electron chi connectivity index (χ2n) is 3.68. The summed E-state index contributed by atoms with van der Waals surface area (Å²) in [7, 11) is 0. The SMILES string of the molecule is O=C(NCc1ccccn1)c1cccc(O)c1O. The molecule has 3 N–H and O–H groups in total. The molecule has 92 valence electrons. The molecule has 0 saturated carbocycles. The molecule has 0 fully saturated rings. The number of nitrogens with zero attached hydrogens (tertiary/aromatic N) is 1. The van der Waals surface area contributed by atoms with Crippen molar-refractivity contribution in [1.29, 1.82) is 0 Å². The van der Waals surface area contributed by atoms with Gasteiger partial charge in [-0.3, -0.25) is 9.78 Å². The molecule has 1 aromatic carbocycles. The Morgan fingerprint density at radius 2 is 2.00 bits per heavy atom. The second-order valence-corrected chi connectivity index (χ2v) is 3.68. The average molecular weight is 244 g/mol. The maximum atomic E-state index is 11.8. The van der Waals surface area contributed by atoms with Gasteiger partial charge in [-0.15, -0.1) is 0 Å². The lowest BCUT2D eigenvalue weighted by molar-refractivity contribution is 0.0947. The number of para-hydroxylation sites is 1. The number of nitrogens with one attached hydrogen (secondary N) is 1. The molecule has 0 aliphatic rings. The quantitative estimate of drug-likeness (QED) is 0.713. The van der Waals surface area contributed by atoms with Crippen LogP contribution in [0.5, 0.6) is 11.5 Å². The Labute approximate surface area is 104 Å². The van der Waals surface area contributed by atoms with Crippen molar-refractivity contribution < 1.29 is 15.0 Å². The first-order valence-electron chi connectivity index (χ1n) is 5.37. The van der Waals surface area contributed by atoms with Gasteiger partial charge in [-0.25, -0.2) is 0 Å². The summed E-state index contributed by atoms with van der Waals surface area (Å²) in [5.74, 6) is -1.20. The first-order chi connectivity index (χ1) is 8.68. The number of pyridine rings is 1. The van der Waals surface area contributed by atoms with Crippen molar-refractivity contribution in [3.05, 3.63) is 53.9 Å². The van der Waals surface area contributed by atoms with E-state index in [9.17, 15) is 15.0 Å². The third-order valence-corrected chi connectivity index (χ3v) is 2.42. The molecule has 18 heavy (non-hydrogen) atoms. The first kappa shape index (κ1) is 11.9. The molecule has 0 atom stereocenters. The van der Waals surface area contributed by atoms with Crippen molar-refractivity contribution >= 4 is 5.91 Å². The van der Waals surface area contributed by atoms with Gasteiger partial charge < -0.3 is 15.5 Å². The van der Waals surface area contributed by atoms with Gasteiger partial charge in [0.15, 0.2) is 11.5 Å². The van der Waals surface area contributed by atoms with Crippen LogP contribution in [0.15, 0.2) is 42.6 Å². The van der Waals surface area contributed by atoms with Crippen molar-refractivity contribution in [3.8, 4) is 11.5 Å². The topological polar surface area (TPSA) is 82.5 Å². The standard InChI is InChI=1S/C13H12N2O3/c16-11-6-3-5-10(12(11)17)13(18)15-8-9-4-1-2-7-14-9/h1-7,16-17H,8H2,(H,15,18). The van der Waals surface area contributed by atoms with Crippen LogP contribution in [0.4, 0.5) is 0 Å². The number of phenolic OH excluding ortho intramolecular Hbond substituents is 2. The second kappa shape index (κ2) is 5.18. The Hall–Kier alpha value is -2.56. The van der Waals surface area contributed by atoms with Crippen LogP contribution in [0.25, 0.3) is 0 Å². The molecule has 0 radical (unpaired) electrons. The lowest BCUT2D eigenvalue weighted by Crippen LogP contribution is -2.23. The Morgan fingerprint density at radius 1 is 1.17 bits per heavy atom. The summed E-state index contributed by atoms with van der Waals surface area (Å²) in [5.41, 5.74) is 0.747. The molecule has 1 amide bonds. The van der Waals surface area contributed by atoms with Gasteiger partial charge >= 0.3 is 0 Å². The molecule has 1 aromatic heterocycles. The molecule has 5 nitrogen and oxygen atoms in total. The third kappa shape index (κ3) is 2.57. The number of phenols is 2. The summed E-state index contributed by atoms with van der Waals surface area (Å²) >= 11 is 0. The Kier molecular flexibility index (Phi) is 3.43. The van der Waals surface area contributed by atoms with Crippen LogP contribution in [0.1, 0.15) is 16.1 Å². The van der Waals surface area contributed by atoms with Crippen LogP contribution < -0.4 is 5.32 Å². The third-order valence-electron chi connectivity index (χ3n) is 2.42. The van der Waals surface area contributed by atoms with Crippen molar-refractivity contribution in [2.24, 2.45) is 0 Å². The van der Waals surface area contributed by atoms with Crippen molar-refractivity contribution in [1.82, 2.24) is 10.3 Å². The zero-order valence-corrected chi connectivity index (χ0v) is 9.50. The molecular formula is C13H12N2O3. The fourth-order valence-electron chi connectivity index (χ4n) is 1.48. The zero-order chi connectivity index (χ0) is 13.0. The van der Waals surface area contributed by atoms with E-state index in [1.807, 2.05) is 6.07 Å². The zero-order valence-electron chi connectivity index (χ0n) is 9.50. The Balaban J connectivity index is 2.07. The first-order valence-corrected chi connectivity index (χ1v) is 5.37. The van der Waals surface area contributed by atoms with Crippen LogP contribution in [0.2, 0.25) is 0 Å². The summed E-state index contributed by atoms with van der Waals surface area (Å²) in [5, 5.41) is 21.4. The predicted molar refractivity (Wildman–Crippen MR) is 65.2 cm³/mol. The van der Waals surface area contributed by atoms with E-state index in [0.717, 1.165) is 0 Å². The maximum Gasteiger partial charge on any atom is 0.255 e. The summed E-state index contributed by atoms with van der Waals surface area (Å²) in [4.78, 5) is 15.8. The highest BCUT2D eigenvalue weighted by atomic mass is 16.3. The molecule has 0 unspecified atom stereocenters. The molecule has 1 heterocycles. The van der Waals surface area contributed by atoms with E-state index >= 15 is 0 Å². The molecule has 2 aromatic rings. The number of amides is 1. The minimum absolute atomic E-state index is 0.0333. The lowest BCUT2D eigenvalue weighted by Gasteiger charge is -2.07. The lowest BCUT2D eigenvalue weighted by atomic mass is 10.1. The number of rotatable bonds is 3. The van der Waals surface area contributed by atoms with Crippen LogP contribution in [-0.4, -0.2) is 21.1 Å². The van der Waals surface area contributed by atoms with Gasteiger partial charge in [0.1, 0.15) is 0 Å². The van der Waals surface area contributed by atoms with E-state index in [2.05, 4.69) is 10.3 Å². The van der Waals surface area contributed by atoms with Crippen molar-refractivity contribution in [2.75, 3.05) is 0 Å². The average Bonchev–Trinajstić information content (AvgIpc) is 2.40. The highest BCUT2D eigenvalue weighted by molar-refractivity contribution is 5.97. The summed E-state index contributed by atoms with van der Waals surface area (Å²) in [6.45, 7) is 0.259. The number of benzene rings is 1. The minimum Gasteiger partial charge on any atom is -0.504 e. The molecule has 0 spiro atoms. The van der Waals surface area contributed by atoms with Crippen LogP contribution in [0.3, 0.4) is 0 Å². The molecule has 0 bridgehead atoms. The van der Waals surface area contributed by atoms with Crippen LogP contribution >= 0.6 is 0 Å². The van der Waals surface area contributed by atoms with Crippen LogP contribution in [-0.2, 0) is 6.54 Å². The van der Waals surface area contributed by atoms with E-state index in [4.69, 9.17) is 0 Å². The highest BCUT2D eigenvalue weighted by Gasteiger charge is 2.13. The number of carbonyl (C=O) groups is 1. The summed E-state index contributed by atoms with van der Waals surface area (Å²) in [6.07, 6.45) is 1.63. The number of hydrogen-bond acceptors (Lipinski definition) is 4. The molecule has 0 aliphatic heterocycles.